The smallest absolute Gasteiger partial charge is 0.134 e. The minimum absolute atomic E-state index is 0.987. The van der Waals surface area contributed by atoms with E-state index in [1.165, 1.54) is 36.9 Å². The third kappa shape index (κ3) is 2.33. The molecule has 0 radical (unpaired) electrons. The number of fused-ring (bicyclic) bond motifs is 1. The maximum absolute atomic E-state index is 5.95. The van der Waals surface area contributed by atoms with Crippen LogP contribution in [-0.2, 0) is 0 Å². The van der Waals surface area contributed by atoms with Gasteiger partial charge in [-0.2, -0.15) is 0 Å². The largest absolute Gasteiger partial charge is 0.456 e. The number of hydrogen-bond donors (Lipinski definition) is 0. The molecule has 1 aromatic heterocycles. The van der Waals surface area contributed by atoms with Gasteiger partial charge < -0.3 is 4.42 Å². The predicted octanol–water partition coefficient (Wildman–Crippen LogP) is 3.93. The van der Waals surface area contributed by atoms with Gasteiger partial charge in [0, 0.05) is 25.0 Å². The minimum Gasteiger partial charge on any atom is -0.456 e. The van der Waals surface area contributed by atoms with E-state index in [1.54, 1.807) is 0 Å². The summed E-state index contributed by atoms with van der Waals surface area (Å²) in [6.07, 6.45) is 6.35. The molecule has 2 heteroatoms. The van der Waals surface area contributed by atoms with Gasteiger partial charge >= 0.3 is 0 Å². The van der Waals surface area contributed by atoms with E-state index in [4.69, 9.17) is 4.42 Å². The first-order valence-electron chi connectivity index (χ1n) is 7.29. The lowest BCUT2D eigenvalue weighted by Gasteiger charge is -2.25. The Morgan fingerprint density at radius 3 is 2.84 bits per heavy atom. The zero-order valence-corrected chi connectivity index (χ0v) is 11.1. The summed E-state index contributed by atoms with van der Waals surface area (Å²) in [4.78, 5) is 2.57. The lowest BCUT2D eigenvalue weighted by Crippen LogP contribution is -2.30. The lowest BCUT2D eigenvalue weighted by molar-refractivity contribution is 0.289. The lowest BCUT2D eigenvalue weighted by atomic mass is 10.1. The van der Waals surface area contributed by atoms with Crippen molar-refractivity contribution in [2.75, 3.05) is 19.6 Å². The van der Waals surface area contributed by atoms with Crippen molar-refractivity contribution in [2.45, 2.75) is 19.3 Å². The highest BCUT2D eigenvalue weighted by molar-refractivity contribution is 5.82. The van der Waals surface area contributed by atoms with Crippen molar-refractivity contribution in [1.29, 1.82) is 0 Å². The summed E-state index contributed by atoms with van der Waals surface area (Å²) >= 11 is 0. The van der Waals surface area contributed by atoms with Crippen molar-refractivity contribution in [3.63, 3.8) is 0 Å². The van der Waals surface area contributed by atoms with E-state index in [9.17, 15) is 0 Å². The number of furan rings is 1. The zero-order valence-electron chi connectivity index (χ0n) is 11.1. The van der Waals surface area contributed by atoms with Crippen LogP contribution in [0.5, 0.6) is 0 Å². The fourth-order valence-corrected chi connectivity index (χ4v) is 2.91. The van der Waals surface area contributed by atoms with Gasteiger partial charge in [-0.25, -0.2) is 0 Å². The summed E-state index contributed by atoms with van der Waals surface area (Å²) in [5.41, 5.74) is 2.38. The molecule has 0 bridgehead atoms. The Balaban J connectivity index is 1.53. The molecule has 0 spiro atoms. The summed E-state index contributed by atoms with van der Waals surface area (Å²) in [5.74, 6) is 2.05. The second-order valence-electron chi connectivity index (χ2n) is 5.83. The van der Waals surface area contributed by atoms with Crippen molar-refractivity contribution in [3.05, 3.63) is 42.2 Å². The van der Waals surface area contributed by atoms with Gasteiger partial charge in [0.15, 0.2) is 0 Å². The van der Waals surface area contributed by atoms with Gasteiger partial charge in [0.2, 0.25) is 0 Å². The molecule has 19 heavy (non-hydrogen) atoms. The molecule has 0 saturated heterocycles. The van der Waals surface area contributed by atoms with Gasteiger partial charge in [-0.1, -0.05) is 24.3 Å². The molecule has 4 rings (SSSR count). The monoisotopic (exact) mass is 253 g/mol. The second kappa shape index (κ2) is 4.53. The Bertz CT molecular complexity index is 588. The summed E-state index contributed by atoms with van der Waals surface area (Å²) in [7, 11) is 0. The van der Waals surface area contributed by atoms with Gasteiger partial charge in [0.05, 0.1) is 0 Å². The highest BCUT2D eigenvalue weighted by atomic mass is 16.3. The van der Waals surface area contributed by atoms with Crippen molar-refractivity contribution in [2.24, 2.45) is 5.92 Å². The quantitative estimate of drug-likeness (QED) is 0.824. The number of benzene rings is 1. The molecular formula is C17H19NO. The molecule has 2 nitrogen and oxygen atoms in total. The summed E-state index contributed by atoms with van der Waals surface area (Å²) < 4.78 is 5.95. The predicted molar refractivity (Wildman–Crippen MR) is 78.0 cm³/mol. The Labute approximate surface area is 113 Å². The van der Waals surface area contributed by atoms with E-state index in [1.807, 2.05) is 12.1 Å². The highest BCUT2D eigenvalue weighted by Gasteiger charge is 2.25. The van der Waals surface area contributed by atoms with Crippen LogP contribution < -0.4 is 0 Å². The van der Waals surface area contributed by atoms with Gasteiger partial charge in [0.25, 0.3) is 0 Å². The number of rotatable bonds is 3. The van der Waals surface area contributed by atoms with Crippen LogP contribution in [0, 0.1) is 5.92 Å². The first-order valence-corrected chi connectivity index (χ1v) is 7.29. The van der Waals surface area contributed by atoms with Crippen molar-refractivity contribution in [1.82, 2.24) is 4.90 Å². The molecular weight excluding hydrogens is 234 g/mol. The molecule has 1 fully saturated rings. The van der Waals surface area contributed by atoms with Crippen LogP contribution in [0.2, 0.25) is 0 Å². The molecule has 0 N–H and O–H groups in total. The topological polar surface area (TPSA) is 16.4 Å². The van der Waals surface area contributed by atoms with Crippen LogP contribution >= 0.6 is 0 Å². The van der Waals surface area contributed by atoms with Crippen LogP contribution in [0.3, 0.4) is 0 Å². The fourth-order valence-electron chi connectivity index (χ4n) is 2.91. The maximum atomic E-state index is 5.95. The van der Waals surface area contributed by atoms with E-state index in [-0.39, 0.29) is 0 Å². The fraction of sp³-hybridized carbons (Fsp3) is 0.412. The second-order valence-corrected chi connectivity index (χ2v) is 5.83. The molecule has 1 saturated carbocycles. The molecule has 0 atom stereocenters. The third-order valence-electron chi connectivity index (χ3n) is 4.25. The van der Waals surface area contributed by atoms with Gasteiger partial charge in [-0.15, -0.1) is 0 Å². The number of nitrogens with zero attached hydrogens (tertiary/aromatic N) is 1. The van der Waals surface area contributed by atoms with Crippen LogP contribution in [0.4, 0.5) is 0 Å². The van der Waals surface area contributed by atoms with Crippen LogP contribution in [0.25, 0.3) is 16.5 Å². The van der Waals surface area contributed by atoms with Crippen molar-refractivity contribution in [3.8, 4) is 0 Å². The van der Waals surface area contributed by atoms with Crippen LogP contribution in [-0.4, -0.2) is 24.5 Å². The Hall–Kier alpha value is -1.54. The summed E-state index contributed by atoms with van der Waals surface area (Å²) in [6.45, 7) is 3.56. The Kier molecular flexibility index (Phi) is 2.70. The number of para-hydroxylation sites is 1. The molecule has 1 aliphatic heterocycles. The number of hydrogen-bond acceptors (Lipinski definition) is 2. The van der Waals surface area contributed by atoms with Crippen molar-refractivity contribution < 1.29 is 4.42 Å². The molecule has 2 aromatic rings. The molecule has 0 unspecified atom stereocenters. The molecule has 0 amide bonds. The van der Waals surface area contributed by atoms with Gasteiger partial charge in [0.1, 0.15) is 11.3 Å². The molecule has 2 aliphatic rings. The maximum Gasteiger partial charge on any atom is 0.134 e. The third-order valence-corrected chi connectivity index (χ3v) is 4.25. The average molecular weight is 253 g/mol. The minimum atomic E-state index is 0.987. The van der Waals surface area contributed by atoms with E-state index in [0.29, 0.717) is 0 Å². The van der Waals surface area contributed by atoms with Crippen molar-refractivity contribution >= 4 is 16.5 Å². The summed E-state index contributed by atoms with van der Waals surface area (Å²) in [6, 6.07) is 10.4. The first-order chi connectivity index (χ1) is 9.38. The Morgan fingerprint density at radius 1 is 1.21 bits per heavy atom. The summed E-state index contributed by atoms with van der Waals surface area (Å²) in [5, 5.41) is 1.21. The van der Waals surface area contributed by atoms with Gasteiger partial charge in [-0.05, 0) is 42.9 Å². The van der Waals surface area contributed by atoms with E-state index >= 15 is 0 Å². The molecule has 1 aromatic carbocycles. The molecule has 1 aliphatic carbocycles. The van der Waals surface area contributed by atoms with E-state index < -0.39 is 0 Å². The average Bonchev–Trinajstić information content (AvgIpc) is 3.15. The van der Waals surface area contributed by atoms with Crippen LogP contribution in [0.1, 0.15) is 25.0 Å². The first kappa shape index (κ1) is 11.3. The van der Waals surface area contributed by atoms with E-state index in [0.717, 1.165) is 30.2 Å². The molecule has 2 heterocycles. The highest BCUT2D eigenvalue weighted by Crippen LogP contribution is 2.32. The van der Waals surface area contributed by atoms with Crippen LogP contribution in [0.15, 0.2) is 40.8 Å². The Morgan fingerprint density at radius 2 is 2.11 bits per heavy atom. The SMILES string of the molecule is C1=C(c2cc3ccccc3o2)CCN(CC2CC2)C1. The zero-order chi connectivity index (χ0) is 12.7. The standard InChI is InChI=1S/C17H19NO/c1-2-4-16-15(3-1)11-17(19-16)14-7-9-18(10-8-14)12-13-5-6-13/h1-4,7,11,13H,5-6,8-10,12H2. The molecule has 98 valence electrons. The van der Waals surface area contributed by atoms with Gasteiger partial charge in [-0.3, -0.25) is 4.90 Å². The van der Waals surface area contributed by atoms with E-state index in [2.05, 4.69) is 29.2 Å². The normalized spacial score (nSPS) is 20.7.